The highest BCUT2D eigenvalue weighted by Crippen LogP contribution is 2.12. The summed E-state index contributed by atoms with van der Waals surface area (Å²) in [6.07, 6.45) is 5.80. The van der Waals surface area contributed by atoms with E-state index in [0.717, 1.165) is 25.0 Å². The Bertz CT molecular complexity index is 623. The summed E-state index contributed by atoms with van der Waals surface area (Å²) in [6, 6.07) is 11.0. The lowest BCUT2D eigenvalue weighted by Gasteiger charge is -2.07. The number of nitrogens with zero attached hydrogens (tertiary/aromatic N) is 4. The van der Waals surface area contributed by atoms with Crippen LogP contribution in [-0.2, 0) is 0 Å². The number of hydrogen-bond acceptors (Lipinski definition) is 6. The zero-order valence-corrected chi connectivity index (χ0v) is 12.6. The third-order valence-corrected chi connectivity index (χ3v) is 3.04. The molecule has 0 saturated heterocycles. The average molecular weight is 308 g/mol. The minimum Gasteiger partial charge on any atom is -0.494 e. The number of rotatable bonds is 8. The molecule has 0 saturated carbocycles. The van der Waals surface area contributed by atoms with Crippen molar-refractivity contribution >= 4 is 0 Å². The SMILES string of the molecule is N#Cc1ccc(OCCCCCOc2cnc(C#N)nc2)cc1. The number of nitriles is 2. The summed E-state index contributed by atoms with van der Waals surface area (Å²) in [5.74, 6) is 1.48. The Morgan fingerprint density at radius 1 is 0.783 bits per heavy atom. The Kier molecular flexibility index (Phi) is 6.37. The molecule has 6 heteroatoms. The van der Waals surface area contributed by atoms with Gasteiger partial charge in [0.05, 0.1) is 37.2 Å². The zero-order valence-electron chi connectivity index (χ0n) is 12.6. The first kappa shape index (κ1) is 16.3. The van der Waals surface area contributed by atoms with Gasteiger partial charge in [-0.05, 0) is 43.5 Å². The van der Waals surface area contributed by atoms with Crippen molar-refractivity contribution in [2.24, 2.45) is 0 Å². The Morgan fingerprint density at radius 3 is 1.96 bits per heavy atom. The lowest BCUT2D eigenvalue weighted by molar-refractivity contribution is 0.278. The molecule has 0 aliphatic rings. The predicted octanol–water partition coefficient (Wildman–Crippen LogP) is 2.85. The number of hydrogen-bond donors (Lipinski definition) is 0. The van der Waals surface area contributed by atoms with E-state index in [-0.39, 0.29) is 5.82 Å². The van der Waals surface area contributed by atoms with Gasteiger partial charge in [0.15, 0.2) is 5.75 Å². The molecule has 1 aromatic carbocycles. The van der Waals surface area contributed by atoms with Crippen LogP contribution in [0, 0.1) is 22.7 Å². The van der Waals surface area contributed by atoms with E-state index in [1.54, 1.807) is 24.3 Å². The number of ether oxygens (including phenoxy) is 2. The molecule has 0 aliphatic carbocycles. The van der Waals surface area contributed by atoms with E-state index in [0.29, 0.717) is 24.5 Å². The monoisotopic (exact) mass is 308 g/mol. The van der Waals surface area contributed by atoms with Crippen molar-refractivity contribution in [3.63, 3.8) is 0 Å². The van der Waals surface area contributed by atoms with Crippen molar-refractivity contribution in [1.82, 2.24) is 9.97 Å². The highest BCUT2D eigenvalue weighted by atomic mass is 16.5. The van der Waals surface area contributed by atoms with Crippen LogP contribution in [0.3, 0.4) is 0 Å². The molecule has 0 spiro atoms. The molecule has 6 nitrogen and oxygen atoms in total. The van der Waals surface area contributed by atoms with Crippen LogP contribution >= 0.6 is 0 Å². The van der Waals surface area contributed by atoms with Gasteiger partial charge in [0, 0.05) is 0 Å². The molecule has 116 valence electrons. The molecule has 2 rings (SSSR count). The quantitative estimate of drug-likeness (QED) is 0.696. The maximum absolute atomic E-state index is 8.71. The fourth-order valence-electron chi connectivity index (χ4n) is 1.84. The highest BCUT2D eigenvalue weighted by molar-refractivity contribution is 5.34. The average Bonchev–Trinajstić information content (AvgIpc) is 2.62. The molecule has 0 aliphatic heterocycles. The molecule has 0 atom stereocenters. The summed E-state index contributed by atoms with van der Waals surface area (Å²) in [7, 11) is 0. The zero-order chi connectivity index (χ0) is 16.3. The summed E-state index contributed by atoms with van der Waals surface area (Å²) >= 11 is 0. The van der Waals surface area contributed by atoms with E-state index < -0.39 is 0 Å². The third-order valence-electron chi connectivity index (χ3n) is 3.04. The number of unbranched alkanes of at least 4 members (excludes halogenated alkanes) is 2. The van der Waals surface area contributed by atoms with Crippen molar-refractivity contribution < 1.29 is 9.47 Å². The second-order valence-corrected chi connectivity index (χ2v) is 4.75. The van der Waals surface area contributed by atoms with Gasteiger partial charge in [-0.1, -0.05) is 0 Å². The standard InChI is InChI=1S/C17H16N4O2/c18-10-14-4-6-15(7-5-14)22-8-2-1-3-9-23-16-12-20-17(11-19)21-13-16/h4-7,12-13H,1-3,8-9H2. The summed E-state index contributed by atoms with van der Waals surface area (Å²) in [5.41, 5.74) is 0.626. The van der Waals surface area contributed by atoms with Crippen LogP contribution in [-0.4, -0.2) is 23.2 Å². The second-order valence-electron chi connectivity index (χ2n) is 4.75. The van der Waals surface area contributed by atoms with Crippen molar-refractivity contribution in [2.75, 3.05) is 13.2 Å². The Labute approximate surface area is 134 Å². The van der Waals surface area contributed by atoms with Crippen LogP contribution in [0.25, 0.3) is 0 Å². The minimum absolute atomic E-state index is 0.136. The maximum atomic E-state index is 8.71. The molecule has 0 unspecified atom stereocenters. The van der Waals surface area contributed by atoms with Gasteiger partial charge in [0.25, 0.3) is 0 Å². The van der Waals surface area contributed by atoms with Crippen LogP contribution in [0.1, 0.15) is 30.7 Å². The Balaban J connectivity index is 1.55. The van der Waals surface area contributed by atoms with Gasteiger partial charge >= 0.3 is 0 Å². The molecule has 1 heterocycles. The first-order valence-corrected chi connectivity index (χ1v) is 7.30. The summed E-state index contributed by atoms with van der Waals surface area (Å²) in [6.45, 7) is 1.21. The van der Waals surface area contributed by atoms with E-state index in [1.807, 2.05) is 6.07 Å². The first-order chi connectivity index (χ1) is 11.3. The van der Waals surface area contributed by atoms with Gasteiger partial charge < -0.3 is 9.47 Å². The molecule has 0 fully saturated rings. The molecule has 1 aromatic heterocycles. The van der Waals surface area contributed by atoms with Gasteiger partial charge in [0.2, 0.25) is 5.82 Å². The van der Waals surface area contributed by atoms with Crippen LogP contribution in [0.2, 0.25) is 0 Å². The van der Waals surface area contributed by atoms with Crippen molar-refractivity contribution in [2.45, 2.75) is 19.3 Å². The minimum atomic E-state index is 0.136. The normalized spacial score (nSPS) is 9.65. The summed E-state index contributed by atoms with van der Waals surface area (Å²) in [5, 5.41) is 17.3. The van der Waals surface area contributed by atoms with E-state index in [9.17, 15) is 0 Å². The van der Waals surface area contributed by atoms with E-state index >= 15 is 0 Å². The Morgan fingerprint density at radius 2 is 1.39 bits per heavy atom. The summed E-state index contributed by atoms with van der Waals surface area (Å²) in [4.78, 5) is 7.67. The maximum Gasteiger partial charge on any atom is 0.232 e. The van der Waals surface area contributed by atoms with Gasteiger partial charge in [-0.25, -0.2) is 9.97 Å². The smallest absolute Gasteiger partial charge is 0.232 e. The molecular weight excluding hydrogens is 292 g/mol. The highest BCUT2D eigenvalue weighted by Gasteiger charge is 1.98. The van der Waals surface area contributed by atoms with E-state index in [4.69, 9.17) is 20.0 Å². The van der Waals surface area contributed by atoms with Crippen molar-refractivity contribution in [1.29, 1.82) is 10.5 Å². The van der Waals surface area contributed by atoms with Crippen LogP contribution in [0.4, 0.5) is 0 Å². The lowest BCUT2D eigenvalue weighted by Crippen LogP contribution is -2.01. The number of aromatic nitrogens is 2. The topological polar surface area (TPSA) is 91.8 Å². The van der Waals surface area contributed by atoms with Gasteiger partial charge in [-0.15, -0.1) is 0 Å². The fraction of sp³-hybridized carbons (Fsp3) is 0.294. The van der Waals surface area contributed by atoms with Gasteiger partial charge in [0.1, 0.15) is 11.8 Å². The molecular formula is C17H16N4O2. The first-order valence-electron chi connectivity index (χ1n) is 7.30. The molecule has 2 aromatic rings. The lowest BCUT2D eigenvalue weighted by atomic mass is 10.2. The van der Waals surface area contributed by atoms with E-state index in [2.05, 4.69) is 16.0 Å². The molecule has 23 heavy (non-hydrogen) atoms. The van der Waals surface area contributed by atoms with Crippen LogP contribution < -0.4 is 9.47 Å². The number of benzene rings is 1. The van der Waals surface area contributed by atoms with Crippen LogP contribution in [0.15, 0.2) is 36.7 Å². The third kappa shape index (κ3) is 5.64. The molecule has 0 bridgehead atoms. The van der Waals surface area contributed by atoms with Crippen molar-refractivity contribution in [3.05, 3.63) is 48.0 Å². The van der Waals surface area contributed by atoms with E-state index in [1.165, 1.54) is 12.4 Å². The van der Waals surface area contributed by atoms with Crippen molar-refractivity contribution in [3.8, 4) is 23.6 Å². The largest absolute Gasteiger partial charge is 0.494 e. The Hall–Kier alpha value is -3.12. The molecule has 0 N–H and O–H groups in total. The van der Waals surface area contributed by atoms with Gasteiger partial charge in [-0.2, -0.15) is 10.5 Å². The molecule has 0 amide bonds. The fourth-order valence-corrected chi connectivity index (χ4v) is 1.84. The summed E-state index contributed by atoms with van der Waals surface area (Å²) < 4.78 is 11.1. The van der Waals surface area contributed by atoms with Gasteiger partial charge in [-0.3, -0.25) is 0 Å². The molecule has 0 radical (unpaired) electrons. The van der Waals surface area contributed by atoms with Crippen LogP contribution in [0.5, 0.6) is 11.5 Å². The predicted molar refractivity (Wildman–Crippen MR) is 82.7 cm³/mol. The second kappa shape index (κ2) is 9.01.